The molecule has 124 valence electrons. The summed E-state index contributed by atoms with van der Waals surface area (Å²) in [5.41, 5.74) is 9.83. The van der Waals surface area contributed by atoms with Gasteiger partial charge in [-0.25, -0.2) is 5.48 Å². The molecule has 3 rings (SSSR count). The second kappa shape index (κ2) is 6.59. The van der Waals surface area contributed by atoms with Crippen LogP contribution in [0.2, 0.25) is 0 Å². The summed E-state index contributed by atoms with van der Waals surface area (Å²) in [6.45, 7) is 0.616. The molecule has 0 radical (unpaired) electrons. The lowest BCUT2D eigenvalue weighted by atomic mass is 10.1. The minimum Gasteiger partial charge on any atom is -0.399 e. The number of hydroxylamine groups is 1. The summed E-state index contributed by atoms with van der Waals surface area (Å²) in [7, 11) is 0. The van der Waals surface area contributed by atoms with Gasteiger partial charge in [-0.05, 0) is 48.9 Å². The highest BCUT2D eigenvalue weighted by Gasteiger charge is 2.32. The lowest BCUT2D eigenvalue weighted by molar-refractivity contribution is -0.117. The fourth-order valence-corrected chi connectivity index (χ4v) is 2.75. The van der Waals surface area contributed by atoms with E-state index in [0.29, 0.717) is 24.2 Å². The zero-order chi connectivity index (χ0) is 17.1. The van der Waals surface area contributed by atoms with Crippen molar-refractivity contribution >= 4 is 28.9 Å². The first-order valence-electron chi connectivity index (χ1n) is 7.56. The molecule has 1 aliphatic heterocycles. The lowest BCUT2D eigenvalue weighted by Crippen LogP contribution is -2.33. The van der Waals surface area contributed by atoms with Gasteiger partial charge in [0.25, 0.3) is 5.91 Å². The van der Waals surface area contributed by atoms with E-state index in [-0.39, 0.29) is 11.9 Å². The number of benzene rings is 2. The summed E-state index contributed by atoms with van der Waals surface area (Å²) >= 11 is 0. The van der Waals surface area contributed by atoms with E-state index >= 15 is 0 Å². The Balaban J connectivity index is 1.68. The van der Waals surface area contributed by atoms with Crippen LogP contribution < -0.4 is 21.4 Å². The van der Waals surface area contributed by atoms with Crippen LogP contribution in [0.25, 0.3) is 0 Å². The predicted octanol–water partition coefficient (Wildman–Crippen LogP) is 1.61. The smallest absolute Gasteiger partial charge is 0.274 e. The number of anilines is 3. The van der Waals surface area contributed by atoms with E-state index in [1.54, 1.807) is 46.8 Å². The molecule has 7 heteroatoms. The lowest BCUT2D eigenvalue weighted by Gasteiger charge is -2.18. The number of carbonyl (C=O) groups is 2. The maximum absolute atomic E-state index is 12.6. The summed E-state index contributed by atoms with van der Waals surface area (Å²) in [5.74, 6) is -0.593. The molecule has 0 spiro atoms. The molecule has 1 aliphatic rings. The first-order valence-corrected chi connectivity index (χ1v) is 7.56. The molecule has 1 atom stereocenters. The van der Waals surface area contributed by atoms with Crippen LogP contribution in [0.4, 0.5) is 17.1 Å². The van der Waals surface area contributed by atoms with E-state index in [1.807, 2.05) is 12.1 Å². The van der Waals surface area contributed by atoms with Gasteiger partial charge in [-0.1, -0.05) is 6.07 Å². The van der Waals surface area contributed by atoms with Crippen molar-refractivity contribution < 1.29 is 14.8 Å². The molecule has 2 aromatic carbocycles. The number of hydrogen-bond donors (Lipinski definition) is 4. The highest BCUT2D eigenvalue weighted by atomic mass is 16.5. The fraction of sp³-hybridized carbons (Fsp3) is 0.176. The van der Waals surface area contributed by atoms with Gasteiger partial charge >= 0.3 is 0 Å². The average Bonchev–Trinajstić information content (AvgIpc) is 2.95. The summed E-state index contributed by atoms with van der Waals surface area (Å²) in [4.78, 5) is 25.6. The number of amides is 2. The van der Waals surface area contributed by atoms with Crippen LogP contribution in [-0.4, -0.2) is 29.6 Å². The Labute approximate surface area is 139 Å². The quantitative estimate of drug-likeness (QED) is 0.388. The van der Waals surface area contributed by atoms with E-state index in [4.69, 9.17) is 10.9 Å². The van der Waals surface area contributed by atoms with Gasteiger partial charge in [-0.3, -0.25) is 14.8 Å². The van der Waals surface area contributed by atoms with Gasteiger partial charge in [-0.2, -0.15) is 0 Å². The molecule has 0 bridgehead atoms. The number of nitrogen functional groups attached to an aromatic ring is 1. The molecular weight excluding hydrogens is 308 g/mol. The highest BCUT2D eigenvalue weighted by molar-refractivity contribution is 6.01. The minimum absolute atomic E-state index is 0.0159. The third-order valence-corrected chi connectivity index (χ3v) is 3.98. The SMILES string of the molecule is Nc1cccc(N2CCC(Nc3ccc(C(=O)NO)cc3)C2=O)c1. The van der Waals surface area contributed by atoms with Crippen molar-refractivity contribution in [2.75, 3.05) is 22.5 Å². The zero-order valence-electron chi connectivity index (χ0n) is 12.9. The van der Waals surface area contributed by atoms with Crippen molar-refractivity contribution in [3.8, 4) is 0 Å². The molecule has 2 aromatic rings. The van der Waals surface area contributed by atoms with Crippen LogP contribution >= 0.6 is 0 Å². The monoisotopic (exact) mass is 326 g/mol. The third kappa shape index (κ3) is 3.16. The van der Waals surface area contributed by atoms with Crippen molar-refractivity contribution in [2.45, 2.75) is 12.5 Å². The molecule has 7 nitrogen and oxygen atoms in total. The summed E-state index contributed by atoms with van der Waals surface area (Å²) < 4.78 is 0. The van der Waals surface area contributed by atoms with Crippen LogP contribution in [0.5, 0.6) is 0 Å². The number of nitrogens with one attached hydrogen (secondary N) is 2. The van der Waals surface area contributed by atoms with Gasteiger partial charge < -0.3 is 16.0 Å². The van der Waals surface area contributed by atoms with Crippen molar-refractivity contribution in [1.29, 1.82) is 0 Å². The van der Waals surface area contributed by atoms with E-state index in [1.165, 1.54) is 0 Å². The van der Waals surface area contributed by atoms with Crippen LogP contribution in [0, 0.1) is 0 Å². The van der Waals surface area contributed by atoms with Crippen molar-refractivity contribution in [3.05, 3.63) is 54.1 Å². The molecule has 1 fully saturated rings. The molecule has 5 N–H and O–H groups in total. The number of carbonyl (C=O) groups excluding carboxylic acids is 2. The van der Waals surface area contributed by atoms with Gasteiger partial charge in [0.1, 0.15) is 6.04 Å². The van der Waals surface area contributed by atoms with Crippen molar-refractivity contribution in [2.24, 2.45) is 0 Å². The minimum atomic E-state index is -0.577. The number of hydrogen-bond acceptors (Lipinski definition) is 5. The first kappa shape index (κ1) is 15.8. The van der Waals surface area contributed by atoms with E-state index in [2.05, 4.69) is 5.32 Å². The van der Waals surface area contributed by atoms with Gasteiger partial charge in [0.15, 0.2) is 0 Å². The first-order chi connectivity index (χ1) is 11.6. The molecule has 24 heavy (non-hydrogen) atoms. The van der Waals surface area contributed by atoms with E-state index in [0.717, 1.165) is 11.4 Å². The molecule has 1 unspecified atom stereocenters. The predicted molar refractivity (Wildman–Crippen MR) is 90.9 cm³/mol. The Kier molecular flexibility index (Phi) is 4.35. The van der Waals surface area contributed by atoms with Crippen LogP contribution in [0.15, 0.2) is 48.5 Å². The molecule has 0 saturated carbocycles. The third-order valence-electron chi connectivity index (χ3n) is 3.98. The molecule has 2 amide bonds. The fourth-order valence-electron chi connectivity index (χ4n) is 2.75. The standard InChI is InChI=1S/C17H18N4O3/c18-12-2-1-3-14(10-12)21-9-8-15(17(21)23)19-13-6-4-11(5-7-13)16(22)20-24/h1-7,10,15,19,24H,8-9,18H2,(H,20,22). The van der Waals surface area contributed by atoms with E-state index < -0.39 is 5.91 Å². The topological polar surface area (TPSA) is 108 Å². The largest absolute Gasteiger partial charge is 0.399 e. The second-order valence-corrected chi connectivity index (χ2v) is 5.59. The molecule has 1 saturated heterocycles. The average molecular weight is 326 g/mol. The van der Waals surface area contributed by atoms with Crippen LogP contribution in [-0.2, 0) is 4.79 Å². The van der Waals surface area contributed by atoms with Crippen LogP contribution in [0.3, 0.4) is 0 Å². The highest BCUT2D eigenvalue weighted by Crippen LogP contribution is 2.25. The Bertz CT molecular complexity index is 761. The maximum Gasteiger partial charge on any atom is 0.274 e. The molecule has 0 aromatic heterocycles. The maximum atomic E-state index is 12.6. The Hall–Kier alpha value is -3.06. The van der Waals surface area contributed by atoms with Crippen molar-refractivity contribution in [1.82, 2.24) is 5.48 Å². The summed E-state index contributed by atoms with van der Waals surface area (Å²) in [6, 6.07) is 13.5. The molecular formula is C17H18N4O3. The Morgan fingerprint density at radius 3 is 2.62 bits per heavy atom. The molecule has 0 aliphatic carbocycles. The van der Waals surface area contributed by atoms with Gasteiger partial charge in [0, 0.05) is 29.2 Å². The summed E-state index contributed by atoms with van der Waals surface area (Å²) in [6.07, 6.45) is 0.673. The zero-order valence-corrected chi connectivity index (χ0v) is 12.9. The number of rotatable bonds is 4. The Morgan fingerprint density at radius 1 is 1.21 bits per heavy atom. The van der Waals surface area contributed by atoms with E-state index in [9.17, 15) is 9.59 Å². The number of nitrogens with zero attached hydrogens (tertiary/aromatic N) is 1. The number of nitrogens with two attached hydrogens (primary N) is 1. The normalized spacial score (nSPS) is 17.0. The summed E-state index contributed by atoms with van der Waals surface area (Å²) in [5, 5.41) is 11.8. The van der Waals surface area contributed by atoms with Crippen LogP contribution in [0.1, 0.15) is 16.8 Å². The van der Waals surface area contributed by atoms with Gasteiger partial charge in [0.2, 0.25) is 5.91 Å². The van der Waals surface area contributed by atoms with Gasteiger partial charge in [0.05, 0.1) is 0 Å². The van der Waals surface area contributed by atoms with Gasteiger partial charge in [-0.15, -0.1) is 0 Å². The molecule has 1 heterocycles. The Morgan fingerprint density at radius 2 is 1.96 bits per heavy atom. The second-order valence-electron chi connectivity index (χ2n) is 5.59. The van der Waals surface area contributed by atoms with Crippen molar-refractivity contribution in [3.63, 3.8) is 0 Å².